The first-order valence-corrected chi connectivity index (χ1v) is 10.4. The highest BCUT2D eigenvalue weighted by molar-refractivity contribution is 7.14. The second-order valence-corrected chi connectivity index (χ2v) is 7.95. The Morgan fingerprint density at radius 3 is 2.50 bits per heavy atom. The minimum absolute atomic E-state index is 0.0350. The number of hydrogen-bond donors (Lipinski definition) is 2. The lowest BCUT2D eigenvalue weighted by molar-refractivity contribution is -0.140. The van der Waals surface area contributed by atoms with Gasteiger partial charge in [0, 0.05) is 32.1 Å². The molecule has 3 aromatic rings. The molecule has 0 aliphatic rings. The van der Waals surface area contributed by atoms with Gasteiger partial charge in [-0.2, -0.15) is 13.2 Å². The van der Waals surface area contributed by atoms with E-state index in [0.29, 0.717) is 12.1 Å². The Labute approximate surface area is 193 Å². The van der Waals surface area contributed by atoms with Crippen LogP contribution in [0.1, 0.15) is 17.5 Å². The number of aromatic nitrogens is 3. The number of rotatable bonds is 5. The summed E-state index contributed by atoms with van der Waals surface area (Å²) < 4.78 is 54.0. The molecule has 34 heavy (non-hydrogen) atoms. The minimum atomic E-state index is -4.82. The number of anilines is 2. The van der Waals surface area contributed by atoms with Crippen molar-refractivity contribution in [3.05, 3.63) is 61.4 Å². The third-order valence-corrected chi connectivity index (χ3v) is 5.67. The number of halogens is 4. The molecule has 2 heterocycles. The molecule has 0 unspecified atom stereocenters. The number of alkyl halides is 3. The molecule has 3 rings (SSSR count). The van der Waals surface area contributed by atoms with E-state index in [1.165, 1.54) is 26.5 Å². The third-order valence-electron chi connectivity index (χ3n) is 4.92. The van der Waals surface area contributed by atoms with Crippen molar-refractivity contribution in [2.45, 2.75) is 12.6 Å². The molecule has 0 fully saturated rings. The van der Waals surface area contributed by atoms with E-state index in [2.05, 4.69) is 15.3 Å². The molecule has 1 amide bonds. The fourth-order valence-corrected chi connectivity index (χ4v) is 3.83. The SMILES string of the molecule is CN=C(CC(=O)Nc1nc(-c2ccc(C(F)(F)F)c(F)c2)cs1)c1c(N)n(C)c(=O)n(C)c1=O. The molecule has 3 N–H and O–H groups in total. The zero-order chi connectivity index (χ0) is 25.4. The fourth-order valence-electron chi connectivity index (χ4n) is 3.09. The molecule has 2 aromatic heterocycles. The van der Waals surface area contributed by atoms with Gasteiger partial charge in [-0.15, -0.1) is 11.3 Å². The lowest BCUT2D eigenvalue weighted by Crippen LogP contribution is -2.42. The second-order valence-electron chi connectivity index (χ2n) is 7.09. The molecule has 0 radical (unpaired) electrons. The van der Waals surface area contributed by atoms with Crippen molar-refractivity contribution in [3.8, 4) is 11.3 Å². The van der Waals surface area contributed by atoms with Gasteiger partial charge in [0.1, 0.15) is 17.2 Å². The van der Waals surface area contributed by atoms with E-state index < -0.39 is 34.7 Å². The molecule has 0 spiro atoms. The highest BCUT2D eigenvalue weighted by Gasteiger charge is 2.34. The summed E-state index contributed by atoms with van der Waals surface area (Å²) in [4.78, 5) is 45.1. The number of aliphatic imine (C=N–C) groups is 1. The van der Waals surface area contributed by atoms with Crippen LogP contribution in [0.2, 0.25) is 0 Å². The summed E-state index contributed by atoms with van der Waals surface area (Å²) in [6, 6.07) is 2.40. The zero-order valence-electron chi connectivity index (χ0n) is 18.0. The predicted molar refractivity (Wildman–Crippen MR) is 120 cm³/mol. The lowest BCUT2D eigenvalue weighted by atomic mass is 10.1. The molecule has 0 aliphatic heterocycles. The molecule has 0 aliphatic carbocycles. The van der Waals surface area contributed by atoms with Gasteiger partial charge in [-0.05, 0) is 12.1 Å². The highest BCUT2D eigenvalue weighted by atomic mass is 32.1. The van der Waals surface area contributed by atoms with Crippen LogP contribution in [0.4, 0.5) is 28.5 Å². The van der Waals surface area contributed by atoms with Crippen molar-refractivity contribution in [2.24, 2.45) is 19.1 Å². The number of nitrogen functional groups attached to an aromatic ring is 1. The summed E-state index contributed by atoms with van der Waals surface area (Å²) in [6.45, 7) is 0. The van der Waals surface area contributed by atoms with Crippen molar-refractivity contribution < 1.29 is 22.4 Å². The number of thiazole rings is 1. The Morgan fingerprint density at radius 1 is 1.24 bits per heavy atom. The van der Waals surface area contributed by atoms with Crippen molar-refractivity contribution in [1.82, 2.24) is 14.1 Å². The first kappa shape index (κ1) is 24.8. The first-order valence-electron chi connectivity index (χ1n) is 9.49. The number of hydrogen-bond acceptors (Lipinski definition) is 7. The van der Waals surface area contributed by atoms with Gasteiger partial charge < -0.3 is 11.1 Å². The molecule has 0 saturated heterocycles. The second kappa shape index (κ2) is 9.21. The van der Waals surface area contributed by atoms with Crippen molar-refractivity contribution in [2.75, 3.05) is 18.1 Å². The quantitative estimate of drug-likeness (QED) is 0.413. The average molecular weight is 498 g/mol. The molecular formula is C20H18F4N6O3S. The number of nitrogens with zero attached hydrogens (tertiary/aromatic N) is 4. The molecule has 1 aromatic carbocycles. The Bertz CT molecular complexity index is 1420. The maximum atomic E-state index is 13.9. The van der Waals surface area contributed by atoms with Gasteiger partial charge in [0.25, 0.3) is 5.56 Å². The number of carbonyl (C=O) groups is 1. The summed E-state index contributed by atoms with van der Waals surface area (Å²) in [5.41, 5.74) is 3.35. The van der Waals surface area contributed by atoms with Crippen LogP contribution in [0.3, 0.4) is 0 Å². The van der Waals surface area contributed by atoms with Gasteiger partial charge in [0.15, 0.2) is 5.13 Å². The largest absolute Gasteiger partial charge is 0.419 e. The monoisotopic (exact) mass is 498 g/mol. The topological polar surface area (TPSA) is 124 Å². The zero-order valence-corrected chi connectivity index (χ0v) is 18.8. The highest BCUT2D eigenvalue weighted by Crippen LogP contribution is 2.34. The Hall–Kier alpha value is -3.81. The fraction of sp³-hybridized carbons (Fsp3) is 0.250. The minimum Gasteiger partial charge on any atom is -0.384 e. The van der Waals surface area contributed by atoms with E-state index in [-0.39, 0.29) is 39.9 Å². The standard InChI is InChI=1S/C20H18F4N6O3S/c1-26-12(15-16(25)29(2)19(33)30(3)17(15)32)7-14(31)28-18-27-13(8-34-18)9-4-5-10(11(21)6-9)20(22,23)24/h4-6,8H,7,25H2,1-3H3,(H,27,28,31). The number of benzene rings is 1. The van der Waals surface area contributed by atoms with Gasteiger partial charge in [-0.25, -0.2) is 14.2 Å². The lowest BCUT2D eigenvalue weighted by Gasteiger charge is -2.13. The van der Waals surface area contributed by atoms with Gasteiger partial charge >= 0.3 is 11.9 Å². The van der Waals surface area contributed by atoms with Crippen LogP contribution in [-0.2, 0) is 25.1 Å². The van der Waals surface area contributed by atoms with Gasteiger partial charge in [-0.3, -0.25) is 23.7 Å². The molecule has 0 saturated carbocycles. The number of amides is 1. The third kappa shape index (κ3) is 4.76. The van der Waals surface area contributed by atoms with Crippen LogP contribution in [0, 0.1) is 5.82 Å². The van der Waals surface area contributed by atoms with Crippen molar-refractivity contribution in [3.63, 3.8) is 0 Å². The van der Waals surface area contributed by atoms with Crippen LogP contribution in [0.15, 0.2) is 38.2 Å². The van der Waals surface area contributed by atoms with Crippen LogP contribution >= 0.6 is 11.3 Å². The average Bonchev–Trinajstić information content (AvgIpc) is 3.23. The summed E-state index contributed by atoms with van der Waals surface area (Å²) in [5, 5.41) is 4.02. The summed E-state index contributed by atoms with van der Waals surface area (Å²) in [7, 11) is 3.99. The van der Waals surface area contributed by atoms with Crippen LogP contribution in [0.5, 0.6) is 0 Å². The van der Waals surface area contributed by atoms with E-state index in [1.807, 2.05) is 0 Å². The van der Waals surface area contributed by atoms with Gasteiger partial charge in [0.2, 0.25) is 5.91 Å². The maximum Gasteiger partial charge on any atom is 0.419 e. The van der Waals surface area contributed by atoms with Crippen LogP contribution < -0.4 is 22.3 Å². The first-order chi connectivity index (χ1) is 15.8. The van der Waals surface area contributed by atoms with E-state index in [4.69, 9.17) is 5.73 Å². The van der Waals surface area contributed by atoms with E-state index in [1.54, 1.807) is 0 Å². The van der Waals surface area contributed by atoms with Crippen molar-refractivity contribution >= 4 is 33.9 Å². The molecule has 9 nitrogen and oxygen atoms in total. The number of nitrogens with two attached hydrogens (primary N) is 1. The van der Waals surface area contributed by atoms with E-state index in [9.17, 15) is 31.9 Å². The maximum absolute atomic E-state index is 13.9. The smallest absolute Gasteiger partial charge is 0.384 e. The summed E-state index contributed by atoms with van der Waals surface area (Å²) in [5.74, 6) is -2.21. The molecule has 0 bridgehead atoms. The summed E-state index contributed by atoms with van der Waals surface area (Å²) >= 11 is 0.968. The molecule has 180 valence electrons. The van der Waals surface area contributed by atoms with Crippen LogP contribution in [-0.4, -0.2) is 32.8 Å². The number of nitrogens with one attached hydrogen (secondary N) is 1. The number of carbonyl (C=O) groups excluding carboxylic acids is 1. The van der Waals surface area contributed by atoms with Gasteiger partial charge in [0.05, 0.1) is 23.4 Å². The Kier molecular flexibility index (Phi) is 6.72. The molecule has 14 heteroatoms. The normalized spacial score (nSPS) is 12.1. The Balaban J connectivity index is 1.80. The predicted octanol–water partition coefficient (Wildman–Crippen LogP) is 2.40. The van der Waals surface area contributed by atoms with Gasteiger partial charge in [-0.1, -0.05) is 6.07 Å². The van der Waals surface area contributed by atoms with E-state index >= 15 is 0 Å². The van der Waals surface area contributed by atoms with E-state index in [0.717, 1.165) is 26.5 Å². The van der Waals surface area contributed by atoms with Crippen LogP contribution in [0.25, 0.3) is 11.3 Å². The van der Waals surface area contributed by atoms with Crippen molar-refractivity contribution in [1.29, 1.82) is 0 Å². The molecular weight excluding hydrogens is 480 g/mol. The Morgan fingerprint density at radius 2 is 1.91 bits per heavy atom. The summed E-state index contributed by atoms with van der Waals surface area (Å²) in [6.07, 6.45) is -5.20. The molecule has 0 atom stereocenters.